The van der Waals surface area contributed by atoms with Gasteiger partial charge in [-0.2, -0.15) is 0 Å². The summed E-state index contributed by atoms with van der Waals surface area (Å²) >= 11 is 1.35. The first-order chi connectivity index (χ1) is 12.5. The minimum absolute atomic E-state index is 0.200. The first-order valence-corrected chi connectivity index (χ1v) is 8.68. The van der Waals surface area contributed by atoms with E-state index in [0.29, 0.717) is 22.0 Å². The van der Waals surface area contributed by atoms with Gasteiger partial charge in [0.15, 0.2) is 11.4 Å². The van der Waals surface area contributed by atoms with Gasteiger partial charge in [0.2, 0.25) is 5.95 Å². The van der Waals surface area contributed by atoms with Gasteiger partial charge in [0, 0.05) is 34.8 Å². The third-order valence-corrected chi connectivity index (χ3v) is 4.76. The molecule has 0 aliphatic carbocycles. The van der Waals surface area contributed by atoms with Gasteiger partial charge in [-0.3, -0.25) is 0 Å². The summed E-state index contributed by atoms with van der Waals surface area (Å²) in [5.41, 5.74) is 6.47. The number of benzene rings is 1. The molecule has 0 amide bonds. The number of nitrogens with two attached hydrogens (primary N) is 1. The number of hydrogen-bond donors (Lipinski definition) is 2. The normalized spacial score (nSPS) is 13.2. The number of nitrogen functional groups attached to an aromatic ring is 1. The lowest BCUT2D eigenvalue weighted by molar-refractivity contribution is 0.121. The summed E-state index contributed by atoms with van der Waals surface area (Å²) < 4.78 is 5.90. The second kappa shape index (κ2) is 6.26. The van der Waals surface area contributed by atoms with Gasteiger partial charge < -0.3 is 15.3 Å². The highest BCUT2D eigenvalue weighted by Gasteiger charge is 2.23. The monoisotopic (exact) mass is 362 g/mol. The number of furan rings is 1. The Hall–Kier alpha value is -3.21. The van der Waals surface area contributed by atoms with E-state index in [1.54, 1.807) is 30.8 Å². The van der Waals surface area contributed by atoms with Crippen molar-refractivity contribution in [3.63, 3.8) is 0 Å². The molecule has 0 aliphatic rings. The maximum atomic E-state index is 10.5. The molecule has 4 rings (SSSR count). The van der Waals surface area contributed by atoms with Gasteiger partial charge in [-0.15, -0.1) is 11.3 Å². The third-order valence-electron chi connectivity index (χ3n) is 3.77. The topological polar surface area (TPSA) is 98.1 Å². The Morgan fingerprint density at radius 3 is 2.88 bits per heavy atom. The lowest BCUT2D eigenvalue weighted by Crippen LogP contribution is -2.17. The largest absolute Gasteiger partial charge is 0.447 e. The summed E-state index contributed by atoms with van der Waals surface area (Å²) in [5, 5.41) is 13.7. The molecule has 1 aromatic carbocycles. The highest BCUT2D eigenvalue weighted by molar-refractivity contribution is 7.09. The van der Waals surface area contributed by atoms with Crippen LogP contribution in [-0.4, -0.2) is 20.1 Å². The molecule has 0 radical (unpaired) electrons. The zero-order valence-electron chi connectivity index (χ0n) is 13.8. The Balaban J connectivity index is 1.76. The van der Waals surface area contributed by atoms with Gasteiger partial charge in [-0.05, 0) is 25.0 Å². The highest BCUT2D eigenvalue weighted by Crippen LogP contribution is 2.30. The molecule has 1 atom stereocenters. The van der Waals surface area contributed by atoms with Crippen LogP contribution in [0.15, 0.2) is 52.5 Å². The number of nitrogens with zero attached hydrogens (tertiary/aromatic N) is 3. The molecule has 0 spiro atoms. The van der Waals surface area contributed by atoms with Crippen molar-refractivity contribution >= 4 is 28.3 Å². The van der Waals surface area contributed by atoms with E-state index in [4.69, 9.17) is 10.2 Å². The van der Waals surface area contributed by atoms with E-state index in [0.717, 1.165) is 10.9 Å². The van der Waals surface area contributed by atoms with Crippen molar-refractivity contribution in [1.29, 1.82) is 0 Å². The van der Waals surface area contributed by atoms with Crippen LogP contribution in [0.25, 0.3) is 22.2 Å². The number of hydrogen-bond acceptors (Lipinski definition) is 7. The van der Waals surface area contributed by atoms with Crippen molar-refractivity contribution in [2.45, 2.75) is 12.5 Å². The maximum Gasteiger partial charge on any atom is 0.220 e. The van der Waals surface area contributed by atoms with Crippen LogP contribution in [-0.2, 0) is 5.60 Å². The number of thiazole rings is 1. The molecule has 3 aromatic heterocycles. The molecule has 1 unspecified atom stereocenters. The quantitative estimate of drug-likeness (QED) is 0.532. The number of para-hydroxylation sites is 1. The van der Waals surface area contributed by atoms with Crippen molar-refractivity contribution < 1.29 is 9.52 Å². The molecule has 3 heterocycles. The summed E-state index contributed by atoms with van der Waals surface area (Å²) in [6.07, 6.45) is 3.24. The number of anilines is 1. The van der Waals surface area contributed by atoms with Crippen molar-refractivity contribution in [2.75, 3.05) is 5.73 Å². The second-order valence-electron chi connectivity index (χ2n) is 5.79. The summed E-state index contributed by atoms with van der Waals surface area (Å²) in [6, 6.07) is 9.34. The summed E-state index contributed by atoms with van der Waals surface area (Å²) in [4.78, 5) is 12.3. The van der Waals surface area contributed by atoms with Crippen LogP contribution in [0.4, 0.5) is 5.95 Å². The van der Waals surface area contributed by atoms with Gasteiger partial charge in [-0.25, -0.2) is 15.0 Å². The second-order valence-corrected chi connectivity index (χ2v) is 6.69. The smallest absolute Gasteiger partial charge is 0.220 e. The van der Waals surface area contributed by atoms with Crippen LogP contribution in [0.2, 0.25) is 0 Å². The fraction of sp³-hybridized carbons (Fsp3) is 0.105. The average Bonchev–Trinajstić information content (AvgIpc) is 3.29. The van der Waals surface area contributed by atoms with Gasteiger partial charge in [0.1, 0.15) is 10.6 Å². The van der Waals surface area contributed by atoms with E-state index >= 15 is 0 Å². The molecule has 0 saturated heterocycles. The van der Waals surface area contributed by atoms with E-state index in [-0.39, 0.29) is 5.95 Å². The molecule has 26 heavy (non-hydrogen) atoms. The number of aliphatic hydroxyl groups is 1. The van der Waals surface area contributed by atoms with E-state index in [1.165, 1.54) is 11.3 Å². The summed E-state index contributed by atoms with van der Waals surface area (Å²) in [6.45, 7) is 1.61. The first-order valence-electron chi connectivity index (χ1n) is 7.80. The molecule has 6 nitrogen and oxygen atoms in total. The number of fused-ring (bicyclic) bond motifs is 1. The Morgan fingerprint density at radius 1 is 1.23 bits per heavy atom. The van der Waals surface area contributed by atoms with Gasteiger partial charge in [-0.1, -0.05) is 18.1 Å². The van der Waals surface area contributed by atoms with Crippen LogP contribution in [0, 0.1) is 11.8 Å². The molecule has 0 fully saturated rings. The Kier molecular flexibility index (Phi) is 3.92. The fourth-order valence-corrected chi connectivity index (χ4v) is 3.20. The molecular weight excluding hydrogens is 348 g/mol. The van der Waals surface area contributed by atoms with E-state index in [2.05, 4.69) is 26.8 Å². The fourth-order valence-electron chi connectivity index (χ4n) is 2.55. The lowest BCUT2D eigenvalue weighted by atomic mass is 10.1. The Labute approximate surface area is 153 Å². The van der Waals surface area contributed by atoms with Crippen molar-refractivity contribution in [2.24, 2.45) is 0 Å². The van der Waals surface area contributed by atoms with Gasteiger partial charge in [0.05, 0.1) is 5.69 Å². The van der Waals surface area contributed by atoms with Crippen LogP contribution in [0.5, 0.6) is 0 Å². The van der Waals surface area contributed by atoms with E-state index in [9.17, 15) is 5.11 Å². The molecule has 7 heteroatoms. The first kappa shape index (κ1) is 16.3. The summed E-state index contributed by atoms with van der Waals surface area (Å²) in [5.74, 6) is 6.37. The van der Waals surface area contributed by atoms with Crippen LogP contribution >= 0.6 is 11.3 Å². The number of aromatic nitrogens is 3. The molecule has 0 saturated carbocycles. The van der Waals surface area contributed by atoms with Crippen molar-refractivity contribution in [1.82, 2.24) is 15.0 Å². The molecule has 0 aliphatic heterocycles. The van der Waals surface area contributed by atoms with Gasteiger partial charge in [0.25, 0.3) is 0 Å². The molecule has 128 valence electrons. The van der Waals surface area contributed by atoms with Crippen LogP contribution < -0.4 is 5.73 Å². The zero-order chi connectivity index (χ0) is 18.1. The standard InChI is InChI=1S/C19H14N4O2S/c1-19(24,17-21-9-10-26-17)7-5-13-11-12-3-2-4-14(16(12)25-13)15-6-8-22-18(20)23-15/h2-4,6,8-11,24H,1H3,(H2,20,22,23). The maximum absolute atomic E-state index is 10.5. The minimum atomic E-state index is -1.34. The molecule has 3 N–H and O–H groups in total. The van der Waals surface area contributed by atoms with E-state index in [1.807, 2.05) is 24.3 Å². The third kappa shape index (κ3) is 3.04. The zero-order valence-corrected chi connectivity index (χ0v) is 14.6. The SMILES string of the molecule is CC(O)(C#Cc1cc2cccc(-c3ccnc(N)n3)c2o1)c1nccs1. The Morgan fingerprint density at radius 2 is 2.12 bits per heavy atom. The highest BCUT2D eigenvalue weighted by atomic mass is 32.1. The Bertz CT molecular complexity index is 1140. The minimum Gasteiger partial charge on any atom is -0.447 e. The molecule has 0 bridgehead atoms. The number of rotatable bonds is 2. The molecular formula is C19H14N4O2S. The molecule has 4 aromatic rings. The van der Waals surface area contributed by atoms with E-state index < -0.39 is 5.60 Å². The van der Waals surface area contributed by atoms with Crippen molar-refractivity contribution in [3.8, 4) is 23.1 Å². The van der Waals surface area contributed by atoms with Gasteiger partial charge >= 0.3 is 0 Å². The van der Waals surface area contributed by atoms with Crippen molar-refractivity contribution in [3.05, 3.63) is 58.9 Å². The summed E-state index contributed by atoms with van der Waals surface area (Å²) in [7, 11) is 0. The average molecular weight is 362 g/mol. The predicted octanol–water partition coefficient (Wildman–Crippen LogP) is 3.19. The predicted molar refractivity (Wildman–Crippen MR) is 100 cm³/mol. The van der Waals surface area contributed by atoms with Crippen LogP contribution in [0.1, 0.15) is 17.7 Å². The van der Waals surface area contributed by atoms with Crippen LogP contribution in [0.3, 0.4) is 0 Å². The lowest BCUT2D eigenvalue weighted by Gasteiger charge is -2.11.